The maximum atomic E-state index is 5.93. The van der Waals surface area contributed by atoms with Gasteiger partial charge in [-0.15, -0.1) is 0 Å². The second-order valence-electron chi connectivity index (χ2n) is 4.45. The molecule has 4 heteroatoms. The first-order valence-electron chi connectivity index (χ1n) is 5.98. The van der Waals surface area contributed by atoms with Gasteiger partial charge >= 0.3 is 0 Å². The van der Waals surface area contributed by atoms with E-state index in [4.69, 9.17) is 27.9 Å². The van der Waals surface area contributed by atoms with Crippen LogP contribution in [0.3, 0.4) is 0 Å². The van der Waals surface area contributed by atoms with E-state index in [9.17, 15) is 0 Å². The predicted molar refractivity (Wildman–Crippen MR) is 71.7 cm³/mol. The highest BCUT2D eigenvalue weighted by Crippen LogP contribution is 2.23. The van der Waals surface area contributed by atoms with E-state index >= 15 is 0 Å². The zero-order chi connectivity index (χ0) is 12.1. The van der Waals surface area contributed by atoms with Crippen molar-refractivity contribution < 1.29 is 4.74 Å². The Labute approximate surface area is 112 Å². The first kappa shape index (κ1) is 13.2. The normalized spacial score (nSPS) is 19.8. The molecule has 1 aliphatic heterocycles. The van der Waals surface area contributed by atoms with Gasteiger partial charge in [-0.3, -0.25) is 0 Å². The third kappa shape index (κ3) is 4.14. The van der Waals surface area contributed by atoms with Gasteiger partial charge in [0.2, 0.25) is 0 Å². The van der Waals surface area contributed by atoms with E-state index in [1.165, 1.54) is 6.42 Å². The van der Waals surface area contributed by atoms with Crippen LogP contribution >= 0.6 is 23.2 Å². The van der Waals surface area contributed by atoms with Gasteiger partial charge in [0, 0.05) is 6.61 Å². The van der Waals surface area contributed by atoms with Crippen molar-refractivity contribution in [3.05, 3.63) is 33.8 Å². The quantitative estimate of drug-likeness (QED) is 0.830. The molecule has 1 N–H and O–H groups in total. The molecular formula is C13H17Cl2NO. The molecule has 0 amide bonds. The summed E-state index contributed by atoms with van der Waals surface area (Å²) < 4.78 is 5.65. The van der Waals surface area contributed by atoms with Gasteiger partial charge in [0.1, 0.15) is 0 Å². The topological polar surface area (TPSA) is 21.3 Å². The molecule has 1 saturated heterocycles. The molecule has 1 fully saturated rings. The molecule has 1 heterocycles. The van der Waals surface area contributed by atoms with Crippen molar-refractivity contribution in [3.63, 3.8) is 0 Å². The van der Waals surface area contributed by atoms with Gasteiger partial charge in [0.15, 0.2) is 0 Å². The van der Waals surface area contributed by atoms with E-state index < -0.39 is 0 Å². The van der Waals surface area contributed by atoms with Crippen molar-refractivity contribution in [2.45, 2.75) is 19.4 Å². The van der Waals surface area contributed by atoms with Crippen molar-refractivity contribution in [3.8, 4) is 0 Å². The standard InChI is InChI=1S/C13H17Cl2NO/c14-12-2-1-11(7-13(12)15)9-17-6-4-10-3-5-16-8-10/h1-2,7,10,16H,3-6,8-9H2. The average molecular weight is 274 g/mol. The summed E-state index contributed by atoms with van der Waals surface area (Å²) in [6.45, 7) is 3.71. The fourth-order valence-electron chi connectivity index (χ4n) is 2.03. The Morgan fingerprint density at radius 1 is 1.29 bits per heavy atom. The predicted octanol–water partition coefficient (Wildman–Crippen LogP) is 3.51. The summed E-state index contributed by atoms with van der Waals surface area (Å²) in [5, 5.41) is 4.54. The second kappa shape index (κ2) is 6.60. The lowest BCUT2D eigenvalue weighted by Crippen LogP contribution is -2.10. The summed E-state index contributed by atoms with van der Waals surface area (Å²) in [6.07, 6.45) is 2.41. The van der Waals surface area contributed by atoms with Gasteiger partial charge in [-0.25, -0.2) is 0 Å². The van der Waals surface area contributed by atoms with E-state index in [2.05, 4.69) is 5.32 Å². The Bertz CT molecular complexity index is 364. The van der Waals surface area contributed by atoms with Crippen LogP contribution in [0.4, 0.5) is 0 Å². The minimum absolute atomic E-state index is 0.590. The summed E-state index contributed by atoms with van der Waals surface area (Å²) in [4.78, 5) is 0. The zero-order valence-electron chi connectivity index (χ0n) is 9.72. The zero-order valence-corrected chi connectivity index (χ0v) is 11.2. The highest BCUT2D eigenvalue weighted by molar-refractivity contribution is 6.41. The van der Waals surface area contributed by atoms with Gasteiger partial charge in [-0.05, 0) is 49.5 Å². The molecule has 0 radical (unpaired) electrons. The molecule has 0 spiro atoms. The van der Waals surface area contributed by atoms with Crippen molar-refractivity contribution in [1.29, 1.82) is 0 Å². The summed E-state index contributed by atoms with van der Waals surface area (Å²) in [7, 11) is 0. The molecule has 94 valence electrons. The van der Waals surface area contributed by atoms with Crippen molar-refractivity contribution in [1.82, 2.24) is 5.32 Å². The summed E-state index contributed by atoms with van der Waals surface area (Å²) in [6, 6.07) is 5.62. The molecular weight excluding hydrogens is 257 g/mol. The number of hydrogen-bond donors (Lipinski definition) is 1. The van der Waals surface area contributed by atoms with Gasteiger partial charge in [-0.2, -0.15) is 0 Å². The summed E-state index contributed by atoms with van der Waals surface area (Å²) in [5.41, 5.74) is 1.07. The first-order chi connectivity index (χ1) is 8.25. The van der Waals surface area contributed by atoms with E-state index in [1.807, 2.05) is 18.2 Å². The van der Waals surface area contributed by atoms with Crippen LogP contribution in [0.2, 0.25) is 10.0 Å². The second-order valence-corrected chi connectivity index (χ2v) is 5.26. The number of ether oxygens (including phenoxy) is 1. The molecule has 17 heavy (non-hydrogen) atoms. The molecule has 1 atom stereocenters. The van der Waals surface area contributed by atoms with Crippen molar-refractivity contribution in [2.75, 3.05) is 19.7 Å². The maximum Gasteiger partial charge on any atom is 0.0717 e. The highest BCUT2D eigenvalue weighted by Gasteiger charge is 2.13. The fourth-order valence-corrected chi connectivity index (χ4v) is 2.35. The van der Waals surface area contributed by atoms with Crippen molar-refractivity contribution >= 4 is 23.2 Å². The van der Waals surface area contributed by atoms with Crippen LogP contribution in [0.1, 0.15) is 18.4 Å². The molecule has 1 aliphatic rings. The Kier molecular flexibility index (Phi) is 5.11. The minimum Gasteiger partial charge on any atom is -0.377 e. The average Bonchev–Trinajstić information content (AvgIpc) is 2.82. The lowest BCUT2D eigenvalue weighted by Gasteiger charge is -2.09. The number of halogens is 2. The third-order valence-corrected chi connectivity index (χ3v) is 3.82. The molecule has 1 unspecified atom stereocenters. The minimum atomic E-state index is 0.590. The van der Waals surface area contributed by atoms with Crippen LogP contribution in [0.15, 0.2) is 18.2 Å². The Morgan fingerprint density at radius 2 is 2.18 bits per heavy atom. The largest absolute Gasteiger partial charge is 0.377 e. The highest BCUT2D eigenvalue weighted by atomic mass is 35.5. The summed E-state index contributed by atoms with van der Waals surface area (Å²) in [5.74, 6) is 0.781. The number of benzene rings is 1. The molecule has 2 rings (SSSR count). The van der Waals surface area contributed by atoms with Crippen molar-refractivity contribution in [2.24, 2.45) is 5.92 Å². The van der Waals surface area contributed by atoms with Gasteiger partial charge in [0.05, 0.1) is 16.7 Å². The molecule has 1 aromatic rings. The number of hydrogen-bond acceptors (Lipinski definition) is 2. The molecule has 1 aromatic carbocycles. The van der Waals surface area contributed by atoms with E-state index in [1.54, 1.807) is 0 Å². The molecule has 0 bridgehead atoms. The molecule has 0 aromatic heterocycles. The third-order valence-electron chi connectivity index (χ3n) is 3.09. The molecule has 0 saturated carbocycles. The lowest BCUT2D eigenvalue weighted by atomic mass is 10.1. The monoisotopic (exact) mass is 273 g/mol. The van der Waals surface area contributed by atoms with Crippen LogP contribution in [0, 0.1) is 5.92 Å². The van der Waals surface area contributed by atoms with Crippen LogP contribution in [0.25, 0.3) is 0 Å². The SMILES string of the molecule is Clc1ccc(COCCC2CCNC2)cc1Cl. The van der Waals surface area contributed by atoms with E-state index in [0.717, 1.165) is 37.6 Å². The fraction of sp³-hybridized carbons (Fsp3) is 0.538. The molecule has 2 nitrogen and oxygen atoms in total. The Morgan fingerprint density at radius 3 is 2.88 bits per heavy atom. The Hall–Kier alpha value is -0.280. The summed E-state index contributed by atoms with van der Waals surface area (Å²) >= 11 is 11.8. The lowest BCUT2D eigenvalue weighted by molar-refractivity contribution is 0.109. The number of rotatable bonds is 5. The molecule has 0 aliphatic carbocycles. The van der Waals surface area contributed by atoms with E-state index in [-0.39, 0.29) is 0 Å². The van der Waals surface area contributed by atoms with Crippen LogP contribution in [0.5, 0.6) is 0 Å². The number of nitrogens with one attached hydrogen (secondary N) is 1. The first-order valence-corrected chi connectivity index (χ1v) is 6.73. The van der Waals surface area contributed by atoms with E-state index in [0.29, 0.717) is 16.7 Å². The van der Waals surface area contributed by atoms with Crippen LogP contribution < -0.4 is 5.32 Å². The van der Waals surface area contributed by atoms with Crippen LogP contribution in [-0.4, -0.2) is 19.7 Å². The Balaban J connectivity index is 1.68. The maximum absolute atomic E-state index is 5.93. The van der Waals surface area contributed by atoms with Crippen LogP contribution in [-0.2, 0) is 11.3 Å². The van der Waals surface area contributed by atoms with Gasteiger partial charge in [-0.1, -0.05) is 29.3 Å². The van der Waals surface area contributed by atoms with Gasteiger partial charge < -0.3 is 10.1 Å². The van der Waals surface area contributed by atoms with Gasteiger partial charge in [0.25, 0.3) is 0 Å². The smallest absolute Gasteiger partial charge is 0.0717 e.